The van der Waals surface area contributed by atoms with E-state index in [2.05, 4.69) is 28.6 Å². The number of benzene rings is 1. The number of aryl methyl sites for hydroxylation is 3. The van der Waals surface area contributed by atoms with Crippen LogP contribution in [-0.2, 0) is 24.2 Å². The van der Waals surface area contributed by atoms with E-state index in [0.717, 1.165) is 35.5 Å². The van der Waals surface area contributed by atoms with Crippen LogP contribution in [0.1, 0.15) is 41.8 Å². The van der Waals surface area contributed by atoms with Gasteiger partial charge in [-0.05, 0) is 56.4 Å². The third-order valence-corrected chi connectivity index (χ3v) is 4.69. The Bertz CT molecular complexity index is 788. The largest absolute Gasteiger partial charge is 0.497 e. The van der Waals surface area contributed by atoms with E-state index in [4.69, 9.17) is 10.00 Å². The van der Waals surface area contributed by atoms with Crippen LogP contribution < -0.4 is 10.1 Å². The Labute approximate surface area is 161 Å². The lowest BCUT2D eigenvalue weighted by Crippen LogP contribution is -2.25. The number of ether oxygens (including phenoxy) is 1. The van der Waals surface area contributed by atoms with Crippen molar-refractivity contribution in [3.63, 3.8) is 0 Å². The molecule has 0 aliphatic rings. The van der Waals surface area contributed by atoms with Crippen molar-refractivity contribution in [3.05, 3.63) is 46.8 Å². The number of carbonyl (C=O) groups is 1. The van der Waals surface area contributed by atoms with Gasteiger partial charge in [-0.3, -0.25) is 9.48 Å². The summed E-state index contributed by atoms with van der Waals surface area (Å²) in [6, 6.07) is 10.1. The van der Waals surface area contributed by atoms with Crippen LogP contribution in [0.15, 0.2) is 24.3 Å². The molecule has 2 aromatic rings. The van der Waals surface area contributed by atoms with Crippen LogP contribution in [0.2, 0.25) is 0 Å². The minimum atomic E-state index is 0.0632. The van der Waals surface area contributed by atoms with Crippen LogP contribution in [-0.4, -0.2) is 29.3 Å². The summed E-state index contributed by atoms with van der Waals surface area (Å²) in [6.45, 7) is 5.22. The molecule has 1 aromatic heterocycles. The third-order valence-electron chi connectivity index (χ3n) is 4.69. The molecule has 0 bridgehead atoms. The maximum Gasteiger partial charge on any atom is 0.220 e. The minimum absolute atomic E-state index is 0.0632. The summed E-state index contributed by atoms with van der Waals surface area (Å²) < 4.78 is 7.01. The summed E-state index contributed by atoms with van der Waals surface area (Å²) in [6.07, 6.45) is 3.40. The number of aromatic nitrogens is 2. The van der Waals surface area contributed by atoms with E-state index in [-0.39, 0.29) is 5.91 Å². The normalized spacial score (nSPS) is 10.4. The molecule has 0 atom stereocenters. The van der Waals surface area contributed by atoms with Gasteiger partial charge < -0.3 is 10.1 Å². The zero-order valence-electron chi connectivity index (χ0n) is 16.4. The maximum atomic E-state index is 12.1. The summed E-state index contributed by atoms with van der Waals surface area (Å²) in [7, 11) is 1.66. The van der Waals surface area contributed by atoms with Gasteiger partial charge in [-0.15, -0.1) is 0 Å². The molecule has 0 radical (unpaired) electrons. The predicted molar refractivity (Wildman–Crippen MR) is 105 cm³/mol. The van der Waals surface area contributed by atoms with Gasteiger partial charge in [0.2, 0.25) is 5.91 Å². The number of carbonyl (C=O) groups excluding carboxylic acids is 1. The molecule has 0 aliphatic carbocycles. The Morgan fingerprint density at radius 1 is 1.26 bits per heavy atom. The van der Waals surface area contributed by atoms with E-state index in [1.165, 1.54) is 5.56 Å². The summed E-state index contributed by atoms with van der Waals surface area (Å²) in [5.41, 5.74) is 4.34. The molecule has 1 N–H and O–H groups in total. The highest BCUT2D eigenvalue weighted by Crippen LogP contribution is 2.16. The van der Waals surface area contributed by atoms with Crippen molar-refractivity contribution >= 4 is 5.91 Å². The molecule has 1 aromatic carbocycles. The van der Waals surface area contributed by atoms with Crippen molar-refractivity contribution < 1.29 is 9.53 Å². The molecule has 6 nitrogen and oxygen atoms in total. The fraction of sp³-hybridized carbons (Fsp3) is 0.476. The molecule has 0 unspecified atom stereocenters. The SMILES string of the molecule is COc1ccc(CCCNC(=O)CCc2c(C)nn(CCC#N)c2C)cc1. The maximum absolute atomic E-state index is 12.1. The highest BCUT2D eigenvalue weighted by Gasteiger charge is 2.12. The second-order valence-corrected chi connectivity index (χ2v) is 6.58. The van der Waals surface area contributed by atoms with Crippen molar-refractivity contribution in [2.45, 2.75) is 52.5 Å². The van der Waals surface area contributed by atoms with E-state index in [9.17, 15) is 4.79 Å². The van der Waals surface area contributed by atoms with Gasteiger partial charge in [-0.1, -0.05) is 12.1 Å². The van der Waals surface area contributed by atoms with Crippen molar-refractivity contribution in [3.8, 4) is 11.8 Å². The summed E-state index contributed by atoms with van der Waals surface area (Å²) in [4.78, 5) is 12.1. The van der Waals surface area contributed by atoms with Crippen molar-refractivity contribution in [2.24, 2.45) is 0 Å². The zero-order chi connectivity index (χ0) is 19.6. The van der Waals surface area contributed by atoms with E-state index >= 15 is 0 Å². The lowest BCUT2D eigenvalue weighted by Gasteiger charge is -2.07. The van der Waals surface area contributed by atoms with Crippen LogP contribution in [0.5, 0.6) is 5.75 Å². The molecule has 2 rings (SSSR count). The Hall–Kier alpha value is -2.81. The van der Waals surface area contributed by atoms with E-state index < -0.39 is 0 Å². The van der Waals surface area contributed by atoms with E-state index in [0.29, 0.717) is 32.4 Å². The highest BCUT2D eigenvalue weighted by atomic mass is 16.5. The molecular weight excluding hydrogens is 340 g/mol. The van der Waals surface area contributed by atoms with Gasteiger partial charge in [0, 0.05) is 18.7 Å². The summed E-state index contributed by atoms with van der Waals surface area (Å²) >= 11 is 0. The van der Waals surface area contributed by atoms with Crippen molar-refractivity contribution in [2.75, 3.05) is 13.7 Å². The average Bonchev–Trinajstić information content (AvgIpc) is 2.95. The lowest BCUT2D eigenvalue weighted by atomic mass is 10.1. The Morgan fingerprint density at radius 3 is 2.67 bits per heavy atom. The quantitative estimate of drug-likeness (QED) is 0.654. The van der Waals surface area contributed by atoms with Crippen LogP contribution in [0.3, 0.4) is 0 Å². The molecule has 27 heavy (non-hydrogen) atoms. The topological polar surface area (TPSA) is 79.9 Å². The molecule has 1 heterocycles. The fourth-order valence-corrected chi connectivity index (χ4v) is 3.11. The first kappa shape index (κ1) is 20.5. The molecular formula is C21H28N4O2. The van der Waals surface area contributed by atoms with E-state index in [1.54, 1.807) is 7.11 Å². The second-order valence-electron chi connectivity index (χ2n) is 6.58. The molecule has 0 saturated heterocycles. The fourth-order valence-electron chi connectivity index (χ4n) is 3.11. The van der Waals surface area contributed by atoms with Crippen LogP contribution in [0.25, 0.3) is 0 Å². The first-order valence-corrected chi connectivity index (χ1v) is 9.34. The molecule has 0 fully saturated rings. The number of hydrogen-bond acceptors (Lipinski definition) is 4. The van der Waals surface area contributed by atoms with Crippen molar-refractivity contribution in [1.82, 2.24) is 15.1 Å². The summed E-state index contributed by atoms with van der Waals surface area (Å²) in [5.74, 6) is 0.918. The first-order chi connectivity index (χ1) is 13.0. The van der Waals surface area contributed by atoms with Crippen molar-refractivity contribution in [1.29, 1.82) is 5.26 Å². The monoisotopic (exact) mass is 368 g/mol. The molecule has 0 spiro atoms. The number of nitrogens with one attached hydrogen (secondary N) is 1. The number of amides is 1. The average molecular weight is 368 g/mol. The summed E-state index contributed by atoms with van der Waals surface area (Å²) in [5, 5.41) is 16.2. The van der Waals surface area contributed by atoms with Crippen LogP contribution in [0.4, 0.5) is 0 Å². The van der Waals surface area contributed by atoms with Gasteiger partial charge in [-0.2, -0.15) is 10.4 Å². The van der Waals surface area contributed by atoms with Gasteiger partial charge in [-0.25, -0.2) is 0 Å². The van der Waals surface area contributed by atoms with Crippen LogP contribution in [0, 0.1) is 25.2 Å². The Kier molecular flexibility index (Phi) is 7.87. The van der Waals surface area contributed by atoms with Gasteiger partial charge in [0.25, 0.3) is 0 Å². The lowest BCUT2D eigenvalue weighted by molar-refractivity contribution is -0.121. The third kappa shape index (κ3) is 6.14. The Balaban J connectivity index is 1.71. The zero-order valence-corrected chi connectivity index (χ0v) is 16.4. The van der Waals surface area contributed by atoms with Gasteiger partial charge >= 0.3 is 0 Å². The van der Waals surface area contributed by atoms with Gasteiger partial charge in [0.05, 0.1) is 31.8 Å². The minimum Gasteiger partial charge on any atom is -0.497 e. The molecule has 6 heteroatoms. The smallest absolute Gasteiger partial charge is 0.220 e. The van der Waals surface area contributed by atoms with Crippen LogP contribution >= 0.6 is 0 Å². The first-order valence-electron chi connectivity index (χ1n) is 9.34. The van der Waals surface area contributed by atoms with Gasteiger partial charge in [0.1, 0.15) is 5.75 Å². The number of nitrogens with zero attached hydrogens (tertiary/aromatic N) is 3. The second kappa shape index (κ2) is 10.4. The molecule has 1 amide bonds. The number of rotatable bonds is 10. The molecule has 0 aliphatic heterocycles. The number of nitriles is 1. The van der Waals surface area contributed by atoms with Gasteiger partial charge in [0.15, 0.2) is 0 Å². The number of hydrogen-bond donors (Lipinski definition) is 1. The molecule has 144 valence electrons. The standard InChI is InChI=1S/C21H28N4O2/c1-16-20(17(2)25(24-16)15-5-13-22)11-12-21(26)23-14-4-6-18-7-9-19(27-3)10-8-18/h7-10H,4-6,11-12,14-15H2,1-3H3,(H,23,26). The highest BCUT2D eigenvalue weighted by molar-refractivity contribution is 5.76. The Morgan fingerprint density at radius 2 is 2.00 bits per heavy atom. The predicted octanol–water partition coefficient (Wildman–Crippen LogP) is 3.10. The molecule has 0 saturated carbocycles. The van der Waals surface area contributed by atoms with E-state index in [1.807, 2.05) is 30.7 Å². The number of methoxy groups -OCH3 is 1.